The minimum absolute atomic E-state index is 0.288. The van der Waals surface area contributed by atoms with Gasteiger partial charge in [-0.15, -0.1) is 13.2 Å². The highest BCUT2D eigenvalue weighted by Gasteiger charge is 2.31. The Morgan fingerprint density at radius 3 is 2.52 bits per heavy atom. The third-order valence-corrected chi connectivity index (χ3v) is 4.74. The predicted octanol–water partition coefficient (Wildman–Crippen LogP) is 3.75. The van der Waals surface area contributed by atoms with Crippen molar-refractivity contribution in [2.24, 2.45) is 0 Å². The van der Waals surface area contributed by atoms with E-state index in [9.17, 15) is 22.2 Å². The Balaban J connectivity index is 1.82. The molecule has 0 fully saturated rings. The Labute approximate surface area is 155 Å². The molecular weight excluding hydrogens is 385 g/mol. The molecule has 6 nitrogen and oxygen atoms in total. The maximum atomic E-state index is 12.7. The third-order valence-electron chi connectivity index (χ3n) is 3.62. The number of rotatable bonds is 4. The van der Waals surface area contributed by atoms with Crippen LogP contribution in [0.15, 0.2) is 41.3 Å². The van der Waals surface area contributed by atoms with Gasteiger partial charge in [-0.1, -0.05) is 0 Å². The second-order valence-electron chi connectivity index (χ2n) is 5.83. The van der Waals surface area contributed by atoms with Gasteiger partial charge >= 0.3 is 6.36 Å². The van der Waals surface area contributed by atoms with Crippen molar-refractivity contribution in [2.45, 2.75) is 31.2 Å². The van der Waals surface area contributed by atoms with Gasteiger partial charge in [0.25, 0.3) is 5.91 Å². The van der Waals surface area contributed by atoms with E-state index in [4.69, 9.17) is 4.74 Å². The fourth-order valence-electron chi connectivity index (χ4n) is 2.44. The zero-order valence-electron chi connectivity index (χ0n) is 14.2. The molecule has 2 aromatic carbocycles. The molecule has 10 heteroatoms. The van der Waals surface area contributed by atoms with Gasteiger partial charge in [0.15, 0.2) is 22.8 Å². The SMILES string of the molecule is Cc1cc2c(c(S(=O)Nc3ccc(OC(F)(F)F)cc3)c1)OC(C)C(=O)N2. The van der Waals surface area contributed by atoms with E-state index in [0.717, 1.165) is 17.7 Å². The van der Waals surface area contributed by atoms with E-state index in [2.05, 4.69) is 14.8 Å². The summed E-state index contributed by atoms with van der Waals surface area (Å²) in [5, 5.41) is 2.69. The highest BCUT2D eigenvalue weighted by Crippen LogP contribution is 2.37. The first-order valence-corrected chi connectivity index (χ1v) is 8.94. The first-order chi connectivity index (χ1) is 12.6. The van der Waals surface area contributed by atoms with Crippen LogP contribution in [-0.4, -0.2) is 22.6 Å². The number of hydrogen-bond acceptors (Lipinski definition) is 4. The molecule has 0 saturated heterocycles. The fourth-order valence-corrected chi connectivity index (χ4v) is 3.52. The molecule has 1 heterocycles. The second kappa shape index (κ2) is 7.10. The van der Waals surface area contributed by atoms with Crippen LogP contribution in [0, 0.1) is 6.92 Å². The Hall–Kier alpha value is -2.75. The number of nitrogens with one attached hydrogen (secondary N) is 2. The predicted molar refractivity (Wildman–Crippen MR) is 93.1 cm³/mol. The molecular formula is C17H15F3N2O4S. The molecule has 2 N–H and O–H groups in total. The molecule has 0 saturated carbocycles. The molecule has 2 atom stereocenters. The van der Waals surface area contributed by atoms with Gasteiger partial charge in [0, 0.05) is 5.69 Å². The maximum absolute atomic E-state index is 12.7. The summed E-state index contributed by atoms with van der Waals surface area (Å²) in [5.74, 6) is -0.403. The van der Waals surface area contributed by atoms with Crippen LogP contribution < -0.4 is 19.5 Å². The average Bonchev–Trinajstić information content (AvgIpc) is 2.56. The number of carbonyl (C=O) groups is 1. The molecule has 1 aliphatic heterocycles. The highest BCUT2D eigenvalue weighted by molar-refractivity contribution is 7.86. The molecule has 27 heavy (non-hydrogen) atoms. The number of carbonyl (C=O) groups excluding carboxylic acids is 1. The molecule has 0 spiro atoms. The topological polar surface area (TPSA) is 76.7 Å². The van der Waals surface area contributed by atoms with Crippen LogP contribution in [0.25, 0.3) is 0 Å². The van der Waals surface area contributed by atoms with Crippen molar-refractivity contribution in [3.63, 3.8) is 0 Å². The monoisotopic (exact) mass is 400 g/mol. The molecule has 0 bridgehead atoms. The van der Waals surface area contributed by atoms with Crippen molar-refractivity contribution in [3.05, 3.63) is 42.0 Å². The molecule has 1 aliphatic rings. The number of fused-ring (bicyclic) bond motifs is 1. The number of alkyl halides is 3. The molecule has 0 aromatic heterocycles. The second-order valence-corrected chi connectivity index (χ2v) is 7.01. The lowest BCUT2D eigenvalue weighted by Crippen LogP contribution is -2.35. The Bertz CT molecular complexity index is 900. The van der Waals surface area contributed by atoms with Gasteiger partial charge in [-0.2, -0.15) is 0 Å². The van der Waals surface area contributed by atoms with Gasteiger partial charge in [-0.05, 0) is 55.8 Å². The summed E-state index contributed by atoms with van der Waals surface area (Å²) in [6, 6.07) is 8.18. The van der Waals surface area contributed by atoms with Crippen LogP contribution in [0.5, 0.6) is 11.5 Å². The van der Waals surface area contributed by atoms with Crippen molar-refractivity contribution >= 4 is 28.3 Å². The minimum Gasteiger partial charge on any atom is -0.477 e. The normalized spacial score (nSPS) is 17.4. The smallest absolute Gasteiger partial charge is 0.477 e. The van der Waals surface area contributed by atoms with E-state index in [-0.39, 0.29) is 17.4 Å². The van der Waals surface area contributed by atoms with Gasteiger partial charge in [-0.3, -0.25) is 4.79 Å². The first-order valence-electron chi connectivity index (χ1n) is 7.79. The zero-order chi connectivity index (χ0) is 19.8. The molecule has 2 aromatic rings. The number of hydrogen-bond donors (Lipinski definition) is 2. The maximum Gasteiger partial charge on any atom is 0.573 e. The fraction of sp³-hybridized carbons (Fsp3) is 0.235. The van der Waals surface area contributed by atoms with E-state index in [1.165, 1.54) is 12.1 Å². The molecule has 144 valence electrons. The summed E-state index contributed by atoms with van der Waals surface area (Å²) in [5.41, 5.74) is 1.49. The summed E-state index contributed by atoms with van der Waals surface area (Å²) < 4.78 is 61.4. The molecule has 1 amide bonds. The van der Waals surface area contributed by atoms with Gasteiger partial charge in [-0.25, -0.2) is 4.21 Å². The van der Waals surface area contributed by atoms with Crippen molar-refractivity contribution in [1.82, 2.24) is 0 Å². The van der Waals surface area contributed by atoms with Crippen LogP contribution in [-0.2, 0) is 15.8 Å². The summed E-state index contributed by atoms with van der Waals surface area (Å²) in [6.07, 6.45) is -5.52. The Kier molecular flexibility index (Phi) is 5.01. The third kappa shape index (κ3) is 4.51. The average molecular weight is 400 g/mol. The Morgan fingerprint density at radius 1 is 1.22 bits per heavy atom. The largest absolute Gasteiger partial charge is 0.573 e. The van der Waals surface area contributed by atoms with Gasteiger partial charge < -0.3 is 19.5 Å². The number of benzene rings is 2. The minimum atomic E-state index is -4.78. The summed E-state index contributed by atoms with van der Waals surface area (Å²) in [6.45, 7) is 3.34. The zero-order valence-corrected chi connectivity index (χ0v) is 15.0. The number of anilines is 2. The Morgan fingerprint density at radius 2 is 1.89 bits per heavy atom. The van der Waals surface area contributed by atoms with Gasteiger partial charge in [0.1, 0.15) is 10.6 Å². The van der Waals surface area contributed by atoms with E-state index < -0.39 is 23.5 Å². The van der Waals surface area contributed by atoms with Crippen molar-refractivity contribution in [3.8, 4) is 11.5 Å². The van der Waals surface area contributed by atoms with E-state index in [0.29, 0.717) is 16.3 Å². The standard InChI is InChI=1S/C17H15F3N2O4S/c1-9-7-13-15(25-10(2)16(23)21-13)14(8-9)27(24)22-11-3-5-12(6-4-11)26-17(18,19)20/h3-8,10,22H,1-2H3,(H,21,23). The number of halogens is 3. The molecule has 2 unspecified atom stereocenters. The number of amides is 1. The van der Waals surface area contributed by atoms with Gasteiger partial charge in [0.2, 0.25) is 0 Å². The lowest BCUT2D eigenvalue weighted by atomic mass is 10.1. The summed E-state index contributed by atoms with van der Waals surface area (Å²) in [7, 11) is -1.78. The highest BCUT2D eigenvalue weighted by atomic mass is 32.2. The van der Waals surface area contributed by atoms with Crippen molar-refractivity contribution in [1.29, 1.82) is 0 Å². The van der Waals surface area contributed by atoms with E-state index >= 15 is 0 Å². The van der Waals surface area contributed by atoms with Gasteiger partial charge in [0.05, 0.1) is 5.69 Å². The first kappa shape index (κ1) is 19.0. The van der Waals surface area contributed by atoms with Crippen LogP contribution >= 0.6 is 0 Å². The van der Waals surface area contributed by atoms with Crippen molar-refractivity contribution in [2.75, 3.05) is 10.0 Å². The molecule has 3 rings (SSSR count). The lowest BCUT2D eigenvalue weighted by molar-refractivity contribution is -0.274. The lowest BCUT2D eigenvalue weighted by Gasteiger charge is -2.25. The quantitative estimate of drug-likeness (QED) is 0.820. The molecule has 0 radical (unpaired) electrons. The van der Waals surface area contributed by atoms with Crippen LogP contribution in [0.1, 0.15) is 12.5 Å². The van der Waals surface area contributed by atoms with Crippen LogP contribution in [0.4, 0.5) is 24.5 Å². The van der Waals surface area contributed by atoms with Crippen LogP contribution in [0.3, 0.4) is 0 Å². The van der Waals surface area contributed by atoms with E-state index in [1.807, 2.05) is 0 Å². The van der Waals surface area contributed by atoms with Crippen LogP contribution in [0.2, 0.25) is 0 Å². The number of aryl methyl sites for hydroxylation is 1. The summed E-state index contributed by atoms with van der Waals surface area (Å²) >= 11 is 0. The van der Waals surface area contributed by atoms with E-state index in [1.54, 1.807) is 26.0 Å². The number of ether oxygens (including phenoxy) is 2. The van der Waals surface area contributed by atoms with Crippen molar-refractivity contribution < 1.29 is 31.6 Å². The summed E-state index contributed by atoms with van der Waals surface area (Å²) in [4.78, 5) is 12.1. The molecule has 0 aliphatic carbocycles.